The fourth-order valence-electron chi connectivity index (χ4n) is 4.94. The molecule has 0 saturated heterocycles. The van der Waals surface area contributed by atoms with Crippen molar-refractivity contribution in [1.29, 1.82) is 0 Å². The quantitative estimate of drug-likeness (QED) is 0.223. The molecule has 0 spiro atoms. The zero-order chi connectivity index (χ0) is 26.5. The predicted molar refractivity (Wildman–Crippen MR) is 151 cm³/mol. The lowest BCUT2D eigenvalue weighted by atomic mass is 9.77. The Morgan fingerprint density at radius 2 is 0.658 bits per heavy atom. The standard InChI is InChI=1S/C34H26O4/c1-37-33(35)31-28(24-17-9-4-10-18-24)27(23-15-7-3-8-16-23)29(25-19-11-5-12-20-25)32(34(36)38-2)30(31)26-21-13-6-14-22-26/h3-22H,1-2H3. The molecule has 0 heterocycles. The van der Waals surface area contributed by atoms with Gasteiger partial charge in [-0.2, -0.15) is 0 Å². The molecule has 0 N–H and O–H groups in total. The molecule has 0 atom stereocenters. The van der Waals surface area contributed by atoms with Gasteiger partial charge in [-0.3, -0.25) is 0 Å². The van der Waals surface area contributed by atoms with Crippen LogP contribution >= 0.6 is 0 Å². The Labute approximate surface area is 222 Å². The van der Waals surface area contributed by atoms with Gasteiger partial charge in [-0.1, -0.05) is 121 Å². The summed E-state index contributed by atoms with van der Waals surface area (Å²) in [4.78, 5) is 27.4. The summed E-state index contributed by atoms with van der Waals surface area (Å²) in [6, 6.07) is 38.7. The highest BCUT2D eigenvalue weighted by Crippen LogP contribution is 2.49. The van der Waals surface area contributed by atoms with Crippen LogP contribution in [0.4, 0.5) is 0 Å². The van der Waals surface area contributed by atoms with Gasteiger partial charge in [0.2, 0.25) is 0 Å². The Kier molecular flexibility index (Phi) is 7.14. The van der Waals surface area contributed by atoms with Crippen molar-refractivity contribution in [2.75, 3.05) is 14.2 Å². The second kappa shape index (κ2) is 11.0. The lowest BCUT2D eigenvalue weighted by Crippen LogP contribution is -2.15. The summed E-state index contributed by atoms with van der Waals surface area (Å²) in [6.45, 7) is 0. The third-order valence-electron chi connectivity index (χ3n) is 6.53. The van der Waals surface area contributed by atoms with E-state index in [0.29, 0.717) is 33.4 Å². The van der Waals surface area contributed by atoms with Crippen LogP contribution in [0, 0.1) is 0 Å². The molecule has 5 rings (SSSR count). The van der Waals surface area contributed by atoms with Crippen molar-refractivity contribution in [2.24, 2.45) is 0 Å². The third-order valence-corrected chi connectivity index (χ3v) is 6.53. The first-order chi connectivity index (χ1) is 18.7. The van der Waals surface area contributed by atoms with Gasteiger partial charge in [0.05, 0.1) is 25.3 Å². The molecule has 0 radical (unpaired) electrons. The van der Waals surface area contributed by atoms with E-state index in [2.05, 4.69) is 0 Å². The smallest absolute Gasteiger partial charge is 0.339 e. The second-order valence-electron chi connectivity index (χ2n) is 8.70. The van der Waals surface area contributed by atoms with Gasteiger partial charge < -0.3 is 9.47 Å². The maximum Gasteiger partial charge on any atom is 0.339 e. The van der Waals surface area contributed by atoms with Crippen molar-refractivity contribution in [2.45, 2.75) is 0 Å². The molecular formula is C34H26O4. The summed E-state index contributed by atoms with van der Waals surface area (Å²) in [5, 5.41) is 0. The van der Waals surface area contributed by atoms with E-state index in [-0.39, 0.29) is 0 Å². The molecule has 0 unspecified atom stereocenters. The van der Waals surface area contributed by atoms with Crippen LogP contribution in [0.5, 0.6) is 0 Å². The molecule has 5 aromatic rings. The molecule has 0 bridgehead atoms. The Morgan fingerprint density at radius 3 is 0.947 bits per heavy atom. The van der Waals surface area contributed by atoms with Gasteiger partial charge in [0.25, 0.3) is 0 Å². The van der Waals surface area contributed by atoms with Crippen LogP contribution < -0.4 is 0 Å². The first-order valence-electron chi connectivity index (χ1n) is 12.3. The summed E-state index contributed by atoms with van der Waals surface area (Å²) in [6.07, 6.45) is 0. The normalized spacial score (nSPS) is 10.6. The lowest BCUT2D eigenvalue weighted by Gasteiger charge is -2.26. The second-order valence-corrected chi connectivity index (χ2v) is 8.70. The van der Waals surface area contributed by atoms with E-state index in [9.17, 15) is 9.59 Å². The number of methoxy groups -OCH3 is 2. The highest BCUT2D eigenvalue weighted by Gasteiger charge is 2.33. The molecule has 186 valence electrons. The fourth-order valence-corrected chi connectivity index (χ4v) is 4.94. The van der Waals surface area contributed by atoms with E-state index in [1.807, 2.05) is 121 Å². The van der Waals surface area contributed by atoms with Gasteiger partial charge in [0, 0.05) is 16.7 Å². The van der Waals surface area contributed by atoms with Gasteiger partial charge in [0.15, 0.2) is 0 Å². The average Bonchev–Trinajstić information content (AvgIpc) is 3.00. The monoisotopic (exact) mass is 498 g/mol. The minimum atomic E-state index is -0.537. The topological polar surface area (TPSA) is 52.6 Å². The van der Waals surface area contributed by atoms with E-state index in [4.69, 9.17) is 9.47 Å². The molecule has 0 fully saturated rings. The van der Waals surface area contributed by atoms with Crippen molar-refractivity contribution in [1.82, 2.24) is 0 Å². The van der Waals surface area contributed by atoms with Crippen molar-refractivity contribution < 1.29 is 19.1 Å². The first-order valence-corrected chi connectivity index (χ1v) is 12.3. The molecule has 4 nitrogen and oxygen atoms in total. The van der Waals surface area contributed by atoms with E-state index >= 15 is 0 Å². The first kappa shape index (κ1) is 24.7. The van der Waals surface area contributed by atoms with Crippen LogP contribution in [0.3, 0.4) is 0 Å². The number of rotatable bonds is 6. The van der Waals surface area contributed by atoms with E-state index in [1.165, 1.54) is 14.2 Å². The predicted octanol–water partition coefficient (Wildman–Crippen LogP) is 7.93. The van der Waals surface area contributed by atoms with Crippen molar-refractivity contribution >= 4 is 11.9 Å². The molecule has 0 aliphatic carbocycles. The summed E-state index contributed by atoms with van der Waals surface area (Å²) >= 11 is 0. The molecule has 0 aromatic heterocycles. The maximum absolute atomic E-state index is 13.7. The van der Waals surface area contributed by atoms with Gasteiger partial charge in [-0.25, -0.2) is 9.59 Å². The van der Waals surface area contributed by atoms with Gasteiger partial charge in [-0.05, 0) is 27.8 Å². The third kappa shape index (κ3) is 4.48. The van der Waals surface area contributed by atoms with Crippen molar-refractivity contribution in [3.63, 3.8) is 0 Å². The number of carbonyl (C=O) groups is 2. The summed E-state index contributed by atoms with van der Waals surface area (Å²) < 4.78 is 10.7. The lowest BCUT2D eigenvalue weighted by molar-refractivity contribution is 0.0602. The minimum absolute atomic E-state index is 0.309. The highest BCUT2D eigenvalue weighted by molar-refractivity contribution is 6.19. The molecule has 0 saturated carbocycles. The van der Waals surface area contributed by atoms with Crippen LogP contribution in [-0.2, 0) is 9.47 Å². The van der Waals surface area contributed by atoms with Crippen LogP contribution in [0.25, 0.3) is 44.5 Å². The number of hydrogen-bond acceptors (Lipinski definition) is 4. The van der Waals surface area contributed by atoms with Gasteiger partial charge in [-0.15, -0.1) is 0 Å². The van der Waals surface area contributed by atoms with Crippen molar-refractivity contribution in [3.05, 3.63) is 132 Å². The molecule has 4 heteroatoms. The Balaban J connectivity index is 2.13. The maximum atomic E-state index is 13.7. The molecule has 38 heavy (non-hydrogen) atoms. The highest BCUT2D eigenvalue weighted by atomic mass is 16.5. The summed E-state index contributed by atoms with van der Waals surface area (Å²) in [7, 11) is 2.72. The van der Waals surface area contributed by atoms with E-state index in [1.54, 1.807) is 0 Å². The van der Waals surface area contributed by atoms with Gasteiger partial charge >= 0.3 is 11.9 Å². The fraction of sp³-hybridized carbons (Fsp3) is 0.0588. The number of hydrogen-bond donors (Lipinski definition) is 0. The average molecular weight is 499 g/mol. The SMILES string of the molecule is COC(=O)c1c(-c2ccccc2)c(C(=O)OC)c(-c2ccccc2)c(-c2ccccc2)c1-c1ccccc1. The van der Waals surface area contributed by atoms with Crippen LogP contribution in [0.2, 0.25) is 0 Å². The Bertz CT molecular complexity index is 1500. The molecular weight excluding hydrogens is 472 g/mol. The van der Waals surface area contributed by atoms with Gasteiger partial charge in [0.1, 0.15) is 0 Å². The van der Waals surface area contributed by atoms with Crippen LogP contribution in [0.1, 0.15) is 20.7 Å². The van der Waals surface area contributed by atoms with E-state index < -0.39 is 11.9 Å². The molecule has 0 aliphatic heterocycles. The number of benzene rings is 5. The van der Waals surface area contributed by atoms with Crippen LogP contribution in [-0.4, -0.2) is 26.2 Å². The van der Waals surface area contributed by atoms with E-state index in [0.717, 1.165) is 22.3 Å². The summed E-state index contributed by atoms with van der Waals surface area (Å²) in [5.74, 6) is -1.07. The number of carbonyl (C=O) groups excluding carboxylic acids is 2. The van der Waals surface area contributed by atoms with Crippen molar-refractivity contribution in [3.8, 4) is 44.5 Å². The zero-order valence-electron chi connectivity index (χ0n) is 21.2. The zero-order valence-corrected chi connectivity index (χ0v) is 21.2. The number of esters is 2. The Hall–Kier alpha value is -4.96. The number of ether oxygens (including phenoxy) is 2. The molecule has 5 aromatic carbocycles. The molecule has 0 amide bonds. The Morgan fingerprint density at radius 1 is 0.395 bits per heavy atom. The minimum Gasteiger partial charge on any atom is -0.465 e. The van der Waals surface area contributed by atoms with Crippen LogP contribution in [0.15, 0.2) is 121 Å². The molecule has 0 aliphatic rings. The largest absolute Gasteiger partial charge is 0.465 e. The summed E-state index contributed by atoms with van der Waals surface area (Å²) in [5.41, 5.74) is 6.46.